The number of nitrogens with one attached hydrogen (secondary N) is 1. The second-order valence-corrected chi connectivity index (χ2v) is 6.62. The molecule has 0 radical (unpaired) electrons. The maximum Gasteiger partial charge on any atom is 0.317 e. The van der Waals surface area contributed by atoms with E-state index in [9.17, 15) is 9.59 Å². The number of rotatable bonds is 4. The van der Waals surface area contributed by atoms with E-state index in [0.717, 1.165) is 18.4 Å². The molecule has 0 aromatic heterocycles. The number of carbonyl (C=O) groups excluding carboxylic acids is 1. The van der Waals surface area contributed by atoms with Crippen molar-refractivity contribution in [1.29, 1.82) is 0 Å². The van der Waals surface area contributed by atoms with Crippen LogP contribution in [-0.2, 0) is 11.3 Å². The molecule has 0 spiro atoms. The number of hydrogen-bond acceptors (Lipinski definition) is 2. The van der Waals surface area contributed by atoms with E-state index in [0.29, 0.717) is 19.4 Å². The van der Waals surface area contributed by atoms with Crippen LogP contribution in [0, 0.1) is 19.8 Å². The Hall–Kier alpha value is -2.04. The van der Waals surface area contributed by atoms with Gasteiger partial charge in [0.2, 0.25) is 0 Å². The fourth-order valence-electron chi connectivity index (χ4n) is 3.07. The Bertz CT molecular complexity index is 578. The molecule has 5 nitrogen and oxygen atoms in total. The molecule has 23 heavy (non-hydrogen) atoms. The first kappa shape index (κ1) is 17.3. The molecule has 0 heterocycles. The third-order valence-electron chi connectivity index (χ3n) is 4.66. The summed E-state index contributed by atoms with van der Waals surface area (Å²) < 4.78 is 0. The molecule has 0 saturated heterocycles. The number of amides is 2. The summed E-state index contributed by atoms with van der Waals surface area (Å²) in [5, 5.41) is 12.0. The molecule has 0 atom stereocenters. The SMILES string of the molecule is Cc1ccc(C)c(CN(C)C(=O)NC2CCC(C(=O)O)CC2)c1. The molecule has 1 aromatic carbocycles. The third kappa shape index (κ3) is 4.71. The van der Waals surface area contributed by atoms with E-state index in [-0.39, 0.29) is 18.0 Å². The third-order valence-corrected chi connectivity index (χ3v) is 4.66. The molecule has 1 aromatic rings. The molecule has 2 N–H and O–H groups in total. The molecule has 126 valence electrons. The minimum atomic E-state index is -0.721. The minimum absolute atomic E-state index is 0.0826. The predicted octanol–water partition coefficient (Wildman–Crippen LogP) is 3.09. The van der Waals surface area contributed by atoms with Gasteiger partial charge in [0.25, 0.3) is 0 Å². The van der Waals surface area contributed by atoms with Crippen molar-refractivity contribution in [2.45, 2.75) is 52.1 Å². The van der Waals surface area contributed by atoms with Crippen LogP contribution in [0.25, 0.3) is 0 Å². The van der Waals surface area contributed by atoms with E-state index < -0.39 is 5.97 Å². The molecule has 1 saturated carbocycles. The minimum Gasteiger partial charge on any atom is -0.481 e. The molecule has 0 aliphatic heterocycles. The lowest BCUT2D eigenvalue weighted by Crippen LogP contribution is -2.44. The maximum atomic E-state index is 12.3. The van der Waals surface area contributed by atoms with E-state index in [2.05, 4.69) is 23.5 Å². The molecular weight excluding hydrogens is 292 g/mol. The summed E-state index contributed by atoms with van der Waals surface area (Å²) >= 11 is 0. The van der Waals surface area contributed by atoms with Gasteiger partial charge in [-0.3, -0.25) is 4.79 Å². The van der Waals surface area contributed by atoms with E-state index in [4.69, 9.17) is 5.11 Å². The first-order valence-corrected chi connectivity index (χ1v) is 8.17. The van der Waals surface area contributed by atoms with Gasteiger partial charge in [0.15, 0.2) is 0 Å². The van der Waals surface area contributed by atoms with Crippen molar-refractivity contribution >= 4 is 12.0 Å². The molecule has 0 bridgehead atoms. The molecule has 2 amide bonds. The highest BCUT2D eigenvalue weighted by molar-refractivity contribution is 5.74. The number of nitrogens with zero attached hydrogens (tertiary/aromatic N) is 1. The van der Waals surface area contributed by atoms with Crippen molar-refractivity contribution in [2.75, 3.05) is 7.05 Å². The Balaban J connectivity index is 1.86. The second kappa shape index (κ2) is 7.49. The first-order chi connectivity index (χ1) is 10.9. The summed E-state index contributed by atoms with van der Waals surface area (Å²) in [6.45, 7) is 4.67. The van der Waals surface area contributed by atoms with Crippen LogP contribution >= 0.6 is 0 Å². The van der Waals surface area contributed by atoms with Crippen LogP contribution in [-0.4, -0.2) is 35.1 Å². The topological polar surface area (TPSA) is 69.6 Å². The number of hydrogen-bond donors (Lipinski definition) is 2. The van der Waals surface area contributed by atoms with Gasteiger partial charge in [-0.15, -0.1) is 0 Å². The van der Waals surface area contributed by atoms with Crippen molar-refractivity contribution in [3.05, 3.63) is 34.9 Å². The summed E-state index contributed by atoms with van der Waals surface area (Å²) in [4.78, 5) is 25.0. The standard InChI is InChI=1S/C18H26N2O3/c1-12-4-5-13(2)15(10-12)11-20(3)18(23)19-16-8-6-14(7-9-16)17(21)22/h4-5,10,14,16H,6-9,11H2,1-3H3,(H,19,23)(H,21,22). The maximum absolute atomic E-state index is 12.3. The Kier molecular flexibility index (Phi) is 5.64. The Morgan fingerprint density at radius 2 is 1.87 bits per heavy atom. The average molecular weight is 318 g/mol. The highest BCUT2D eigenvalue weighted by Crippen LogP contribution is 2.24. The number of carbonyl (C=O) groups is 2. The van der Waals surface area contributed by atoms with Crippen LogP contribution in [0.3, 0.4) is 0 Å². The van der Waals surface area contributed by atoms with Crippen LogP contribution in [0.4, 0.5) is 4.79 Å². The lowest BCUT2D eigenvalue weighted by Gasteiger charge is -2.29. The van der Waals surface area contributed by atoms with E-state index in [1.165, 1.54) is 11.1 Å². The zero-order valence-electron chi connectivity index (χ0n) is 14.1. The molecular formula is C18H26N2O3. The van der Waals surface area contributed by atoms with E-state index >= 15 is 0 Å². The van der Waals surface area contributed by atoms with E-state index in [1.807, 2.05) is 13.8 Å². The number of aliphatic carboxylic acids is 1. The summed E-state index contributed by atoms with van der Waals surface area (Å²) in [5.41, 5.74) is 3.51. The Labute approximate surface area is 137 Å². The summed E-state index contributed by atoms with van der Waals surface area (Å²) in [6, 6.07) is 6.24. The highest BCUT2D eigenvalue weighted by atomic mass is 16.4. The predicted molar refractivity (Wildman–Crippen MR) is 89.3 cm³/mol. The quantitative estimate of drug-likeness (QED) is 0.896. The van der Waals surface area contributed by atoms with Crippen molar-refractivity contribution in [3.63, 3.8) is 0 Å². The van der Waals surface area contributed by atoms with Crippen LogP contribution < -0.4 is 5.32 Å². The Morgan fingerprint density at radius 3 is 2.48 bits per heavy atom. The van der Waals surface area contributed by atoms with Gasteiger partial charge in [0.05, 0.1) is 5.92 Å². The average Bonchev–Trinajstić information content (AvgIpc) is 2.51. The molecule has 1 aliphatic carbocycles. The summed E-state index contributed by atoms with van der Waals surface area (Å²) in [6.07, 6.45) is 2.75. The van der Waals surface area contributed by atoms with Gasteiger partial charge in [-0.05, 0) is 50.7 Å². The van der Waals surface area contributed by atoms with Gasteiger partial charge in [0, 0.05) is 19.6 Å². The van der Waals surface area contributed by atoms with Gasteiger partial charge in [0.1, 0.15) is 0 Å². The summed E-state index contributed by atoms with van der Waals surface area (Å²) in [5.74, 6) is -0.974. The largest absolute Gasteiger partial charge is 0.481 e. The van der Waals surface area contributed by atoms with Crippen molar-refractivity contribution < 1.29 is 14.7 Å². The fraction of sp³-hybridized carbons (Fsp3) is 0.556. The van der Waals surface area contributed by atoms with Crippen molar-refractivity contribution in [3.8, 4) is 0 Å². The van der Waals surface area contributed by atoms with Crippen LogP contribution in [0.2, 0.25) is 0 Å². The lowest BCUT2D eigenvalue weighted by atomic mass is 9.86. The zero-order valence-corrected chi connectivity index (χ0v) is 14.1. The van der Waals surface area contributed by atoms with Gasteiger partial charge in [-0.2, -0.15) is 0 Å². The highest BCUT2D eigenvalue weighted by Gasteiger charge is 2.27. The first-order valence-electron chi connectivity index (χ1n) is 8.17. The number of carboxylic acid groups (broad SMARTS) is 1. The monoisotopic (exact) mass is 318 g/mol. The van der Waals surface area contributed by atoms with Gasteiger partial charge in [-0.25, -0.2) is 4.79 Å². The van der Waals surface area contributed by atoms with Gasteiger partial charge < -0.3 is 15.3 Å². The second-order valence-electron chi connectivity index (χ2n) is 6.62. The number of urea groups is 1. The Morgan fingerprint density at radius 1 is 1.22 bits per heavy atom. The molecule has 1 fully saturated rings. The molecule has 0 unspecified atom stereocenters. The van der Waals surface area contributed by atoms with Crippen LogP contribution in [0.15, 0.2) is 18.2 Å². The van der Waals surface area contributed by atoms with E-state index in [1.54, 1.807) is 11.9 Å². The number of carboxylic acids is 1. The lowest BCUT2D eigenvalue weighted by molar-refractivity contribution is -0.142. The fourth-order valence-corrected chi connectivity index (χ4v) is 3.07. The number of benzene rings is 1. The molecule has 2 rings (SSSR count). The van der Waals surface area contributed by atoms with Crippen LogP contribution in [0.1, 0.15) is 42.4 Å². The van der Waals surface area contributed by atoms with Gasteiger partial charge in [-0.1, -0.05) is 23.8 Å². The zero-order chi connectivity index (χ0) is 17.0. The van der Waals surface area contributed by atoms with Crippen molar-refractivity contribution in [2.24, 2.45) is 5.92 Å². The molecule has 1 aliphatic rings. The van der Waals surface area contributed by atoms with Gasteiger partial charge >= 0.3 is 12.0 Å². The smallest absolute Gasteiger partial charge is 0.317 e. The number of aryl methyl sites for hydroxylation is 2. The van der Waals surface area contributed by atoms with Crippen molar-refractivity contribution in [1.82, 2.24) is 10.2 Å². The normalized spacial score (nSPS) is 20.8. The van der Waals surface area contributed by atoms with Crippen LogP contribution in [0.5, 0.6) is 0 Å². The summed E-state index contributed by atoms with van der Waals surface area (Å²) in [7, 11) is 1.79. The molecule has 5 heteroatoms.